The fraction of sp³-hybridized carbons (Fsp3) is 0.182. The van der Waals surface area contributed by atoms with Crippen molar-refractivity contribution in [2.45, 2.75) is 0 Å². The second-order valence-electron chi connectivity index (χ2n) is 3.85. The number of rotatable bonds is 4. The molecule has 0 bridgehead atoms. The number of hydrogen-bond acceptors (Lipinski definition) is 7. The maximum absolute atomic E-state index is 5.46. The number of anilines is 3. The van der Waals surface area contributed by atoms with Crippen LogP contribution >= 0.6 is 0 Å². The Morgan fingerprint density at radius 3 is 2.56 bits per heavy atom. The van der Waals surface area contributed by atoms with Crippen LogP contribution in [0, 0.1) is 0 Å². The molecule has 0 saturated heterocycles. The second kappa shape index (κ2) is 5.17. The van der Waals surface area contributed by atoms with E-state index in [2.05, 4.69) is 25.5 Å². The van der Waals surface area contributed by atoms with E-state index in [-0.39, 0.29) is 5.82 Å². The van der Waals surface area contributed by atoms with E-state index >= 15 is 0 Å². The first-order valence-corrected chi connectivity index (χ1v) is 5.31. The minimum Gasteiger partial charge on any atom is -0.378 e. The largest absolute Gasteiger partial charge is 0.378 e. The van der Waals surface area contributed by atoms with Crippen LogP contribution in [0.2, 0.25) is 0 Å². The topological polar surface area (TPSA) is 92.6 Å². The predicted molar refractivity (Wildman–Crippen MR) is 70.7 cm³/mol. The molecule has 2 rings (SSSR count). The number of nitrogens with two attached hydrogens (primary N) is 1. The molecule has 1 aromatic carbocycles. The van der Waals surface area contributed by atoms with Crippen LogP contribution < -0.4 is 16.1 Å². The van der Waals surface area contributed by atoms with E-state index in [1.807, 2.05) is 43.3 Å². The smallest absolute Gasteiger partial charge is 0.235 e. The van der Waals surface area contributed by atoms with Gasteiger partial charge in [-0.25, -0.2) is 4.63 Å². The second-order valence-corrected chi connectivity index (χ2v) is 3.85. The van der Waals surface area contributed by atoms with E-state index in [0.717, 1.165) is 11.3 Å². The zero-order chi connectivity index (χ0) is 13.0. The van der Waals surface area contributed by atoms with Gasteiger partial charge in [0.25, 0.3) is 0 Å². The third-order valence-corrected chi connectivity index (χ3v) is 2.31. The Hall–Kier alpha value is -2.57. The summed E-state index contributed by atoms with van der Waals surface area (Å²) >= 11 is 0. The van der Waals surface area contributed by atoms with Crippen LogP contribution in [0.1, 0.15) is 5.56 Å². The van der Waals surface area contributed by atoms with Crippen molar-refractivity contribution >= 4 is 23.5 Å². The standard InChI is InChI=1S/C11H14N6O/c1-17(2)9-5-3-8(4-6-9)7-13-14-11-10(12)15-18-16-11/h3-7H,1-2H3,(H2,12,15)(H,14,16)/b13-7+. The fourth-order valence-electron chi connectivity index (χ4n) is 1.30. The normalized spacial score (nSPS) is 10.8. The van der Waals surface area contributed by atoms with Gasteiger partial charge in [0, 0.05) is 19.8 Å². The Kier molecular flexibility index (Phi) is 3.42. The zero-order valence-corrected chi connectivity index (χ0v) is 10.2. The molecule has 1 aromatic heterocycles. The monoisotopic (exact) mass is 246 g/mol. The summed E-state index contributed by atoms with van der Waals surface area (Å²) in [6.07, 6.45) is 1.66. The summed E-state index contributed by atoms with van der Waals surface area (Å²) in [7, 11) is 3.98. The summed E-state index contributed by atoms with van der Waals surface area (Å²) in [6.45, 7) is 0. The molecule has 0 saturated carbocycles. The molecule has 0 unspecified atom stereocenters. The van der Waals surface area contributed by atoms with Gasteiger partial charge in [0.15, 0.2) is 0 Å². The van der Waals surface area contributed by atoms with Crippen LogP contribution in [0.25, 0.3) is 0 Å². The minimum absolute atomic E-state index is 0.176. The summed E-state index contributed by atoms with van der Waals surface area (Å²) in [6, 6.07) is 7.94. The van der Waals surface area contributed by atoms with Gasteiger partial charge in [0.05, 0.1) is 6.21 Å². The number of hydrogen-bond donors (Lipinski definition) is 2. The number of nitrogen functional groups attached to an aromatic ring is 1. The lowest BCUT2D eigenvalue weighted by atomic mass is 10.2. The molecule has 2 aromatic rings. The van der Waals surface area contributed by atoms with Crippen LogP contribution in [0.3, 0.4) is 0 Å². The molecule has 3 N–H and O–H groups in total. The van der Waals surface area contributed by atoms with E-state index in [9.17, 15) is 0 Å². The Morgan fingerprint density at radius 2 is 2.00 bits per heavy atom. The maximum Gasteiger partial charge on any atom is 0.235 e. The summed E-state index contributed by atoms with van der Waals surface area (Å²) in [5, 5.41) is 11.0. The van der Waals surface area contributed by atoms with Crippen molar-refractivity contribution in [1.29, 1.82) is 0 Å². The van der Waals surface area contributed by atoms with E-state index in [0.29, 0.717) is 5.82 Å². The fourth-order valence-corrected chi connectivity index (χ4v) is 1.30. The molecule has 0 atom stereocenters. The van der Waals surface area contributed by atoms with Gasteiger partial charge in [-0.2, -0.15) is 5.10 Å². The van der Waals surface area contributed by atoms with Crippen molar-refractivity contribution in [1.82, 2.24) is 10.3 Å². The SMILES string of the molecule is CN(C)c1ccc(/C=N/Nc2nonc2N)cc1. The Morgan fingerprint density at radius 1 is 1.28 bits per heavy atom. The third-order valence-electron chi connectivity index (χ3n) is 2.31. The van der Waals surface area contributed by atoms with E-state index in [1.165, 1.54) is 0 Å². The third kappa shape index (κ3) is 2.76. The molecule has 0 amide bonds. The Balaban J connectivity index is 1.99. The molecular weight excluding hydrogens is 232 g/mol. The number of aromatic nitrogens is 2. The van der Waals surface area contributed by atoms with Gasteiger partial charge in [0.1, 0.15) is 0 Å². The summed E-state index contributed by atoms with van der Waals surface area (Å²) in [5.74, 6) is 0.478. The Bertz CT molecular complexity index is 531. The highest BCUT2D eigenvalue weighted by Gasteiger charge is 2.02. The first-order chi connectivity index (χ1) is 8.66. The lowest BCUT2D eigenvalue weighted by Gasteiger charge is -2.11. The molecule has 94 valence electrons. The highest BCUT2D eigenvalue weighted by atomic mass is 16.6. The molecule has 7 heteroatoms. The van der Waals surface area contributed by atoms with Crippen molar-refractivity contribution in [2.24, 2.45) is 5.10 Å². The van der Waals surface area contributed by atoms with Crippen LogP contribution in [0.15, 0.2) is 34.0 Å². The lowest BCUT2D eigenvalue weighted by Crippen LogP contribution is -2.08. The lowest BCUT2D eigenvalue weighted by molar-refractivity contribution is 0.310. The van der Waals surface area contributed by atoms with Crippen molar-refractivity contribution < 1.29 is 4.63 Å². The van der Waals surface area contributed by atoms with Gasteiger partial charge in [-0.1, -0.05) is 12.1 Å². The van der Waals surface area contributed by atoms with E-state index < -0.39 is 0 Å². The van der Waals surface area contributed by atoms with Crippen LogP contribution in [0.4, 0.5) is 17.3 Å². The van der Waals surface area contributed by atoms with Gasteiger partial charge < -0.3 is 10.6 Å². The number of nitrogens with zero attached hydrogens (tertiary/aromatic N) is 4. The zero-order valence-electron chi connectivity index (χ0n) is 10.2. The summed E-state index contributed by atoms with van der Waals surface area (Å²) in [5.41, 5.74) is 10.2. The molecule has 0 aliphatic rings. The van der Waals surface area contributed by atoms with Gasteiger partial charge in [-0.3, -0.25) is 5.43 Å². The highest BCUT2D eigenvalue weighted by Crippen LogP contribution is 2.12. The molecule has 7 nitrogen and oxygen atoms in total. The van der Waals surface area contributed by atoms with Crippen LogP contribution in [0.5, 0.6) is 0 Å². The molecule has 0 spiro atoms. The molecule has 0 radical (unpaired) electrons. The first-order valence-electron chi connectivity index (χ1n) is 5.31. The minimum atomic E-state index is 0.176. The van der Waals surface area contributed by atoms with Crippen LogP contribution in [-0.2, 0) is 0 Å². The molecule has 18 heavy (non-hydrogen) atoms. The van der Waals surface area contributed by atoms with Crippen molar-refractivity contribution in [3.8, 4) is 0 Å². The maximum atomic E-state index is 5.46. The average Bonchev–Trinajstić information content (AvgIpc) is 2.76. The van der Waals surface area contributed by atoms with E-state index in [1.54, 1.807) is 6.21 Å². The van der Waals surface area contributed by atoms with Gasteiger partial charge in [-0.05, 0) is 28.0 Å². The predicted octanol–water partition coefficient (Wildman–Crippen LogP) is 1.16. The van der Waals surface area contributed by atoms with Crippen molar-refractivity contribution in [3.63, 3.8) is 0 Å². The average molecular weight is 246 g/mol. The summed E-state index contributed by atoms with van der Waals surface area (Å²) < 4.78 is 4.42. The number of nitrogens with one attached hydrogen (secondary N) is 1. The van der Waals surface area contributed by atoms with Gasteiger partial charge in [-0.15, -0.1) is 0 Å². The molecule has 0 fully saturated rings. The molecular formula is C11H14N6O. The number of benzene rings is 1. The summed E-state index contributed by atoms with van der Waals surface area (Å²) in [4.78, 5) is 2.03. The van der Waals surface area contributed by atoms with Crippen molar-refractivity contribution in [2.75, 3.05) is 30.2 Å². The number of hydrazone groups is 1. The Labute approximate surface area is 104 Å². The van der Waals surface area contributed by atoms with Crippen molar-refractivity contribution in [3.05, 3.63) is 29.8 Å². The van der Waals surface area contributed by atoms with Gasteiger partial charge >= 0.3 is 0 Å². The molecule has 1 heterocycles. The first kappa shape index (κ1) is 11.9. The van der Waals surface area contributed by atoms with Crippen LogP contribution in [-0.4, -0.2) is 30.6 Å². The molecule has 0 aliphatic heterocycles. The molecule has 0 aliphatic carbocycles. The highest BCUT2D eigenvalue weighted by molar-refractivity contribution is 5.81. The van der Waals surface area contributed by atoms with Gasteiger partial charge in [0.2, 0.25) is 11.6 Å². The quantitative estimate of drug-likeness (QED) is 0.621. The van der Waals surface area contributed by atoms with E-state index in [4.69, 9.17) is 5.73 Å².